The lowest BCUT2D eigenvalue weighted by Gasteiger charge is -2.26. The second kappa shape index (κ2) is 2.20. The van der Waals surface area contributed by atoms with Crippen molar-refractivity contribution < 1.29 is 9.59 Å². The second-order valence-electron chi connectivity index (χ2n) is 2.71. The van der Waals surface area contributed by atoms with E-state index in [0.29, 0.717) is 13.1 Å². The Morgan fingerprint density at radius 2 is 2.27 bits per heavy atom. The topological polar surface area (TPSA) is 61.4 Å². The number of carbonyl (C=O) groups excluding carboxylic acids is 2. The molecule has 5 nitrogen and oxygen atoms in total. The van der Waals surface area contributed by atoms with Crippen LogP contribution in [0, 0.1) is 0 Å². The van der Waals surface area contributed by atoms with E-state index >= 15 is 0 Å². The quantitative estimate of drug-likeness (QED) is 0.419. The number of amides is 3. The molecule has 2 fully saturated rings. The zero-order valence-electron chi connectivity index (χ0n) is 5.96. The van der Waals surface area contributed by atoms with Gasteiger partial charge in [-0.25, -0.2) is 4.79 Å². The molecule has 2 aliphatic heterocycles. The van der Waals surface area contributed by atoms with Gasteiger partial charge in [-0.1, -0.05) is 0 Å². The van der Waals surface area contributed by atoms with Crippen molar-refractivity contribution >= 4 is 11.9 Å². The summed E-state index contributed by atoms with van der Waals surface area (Å²) in [6, 6.07) is -0.516. The van der Waals surface area contributed by atoms with E-state index in [1.165, 1.54) is 0 Å². The molecule has 2 rings (SSSR count). The Hall–Kier alpha value is -1.10. The van der Waals surface area contributed by atoms with Gasteiger partial charge < -0.3 is 10.2 Å². The summed E-state index contributed by atoms with van der Waals surface area (Å²) in [7, 11) is 0. The van der Waals surface area contributed by atoms with Crippen LogP contribution < -0.4 is 10.6 Å². The molecule has 2 aliphatic rings. The van der Waals surface area contributed by atoms with E-state index < -0.39 is 0 Å². The van der Waals surface area contributed by atoms with Gasteiger partial charge in [-0.2, -0.15) is 0 Å². The van der Waals surface area contributed by atoms with Crippen molar-refractivity contribution in [2.24, 2.45) is 0 Å². The Kier molecular flexibility index (Phi) is 1.32. The zero-order valence-corrected chi connectivity index (χ0v) is 5.96. The number of hydrogen-bond acceptors (Lipinski definition) is 3. The molecular weight excluding hydrogens is 146 g/mol. The Bertz CT molecular complexity index is 194. The fraction of sp³-hybridized carbons (Fsp3) is 0.667. The minimum absolute atomic E-state index is 0.179. The average molecular weight is 155 g/mol. The molecule has 2 heterocycles. The Morgan fingerprint density at radius 1 is 1.45 bits per heavy atom. The van der Waals surface area contributed by atoms with E-state index in [-0.39, 0.29) is 18.0 Å². The van der Waals surface area contributed by atoms with Crippen molar-refractivity contribution in [2.75, 3.05) is 19.6 Å². The molecule has 1 unspecified atom stereocenters. The first kappa shape index (κ1) is 6.60. The number of rotatable bonds is 0. The smallest absolute Gasteiger partial charge is 0.312 e. The molecule has 11 heavy (non-hydrogen) atoms. The van der Waals surface area contributed by atoms with Crippen LogP contribution in [0.15, 0.2) is 0 Å². The van der Waals surface area contributed by atoms with Crippen LogP contribution in [0.3, 0.4) is 0 Å². The average Bonchev–Trinajstić information content (AvgIpc) is 2.30. The van der Waals surface area contributed by atoms with Gasteiger partial charge in [-0.3, -0.25) is 10.1 Å². The Labute approximate surface area is 63.7 Å². The summed E-state index contributed by atoms with van der Waals surface area (Å²) >= 11 is 0. The maximum atomic E-state index is 11.0. The summed E-state index contributed by atoms with van der Waals surface area (Å²) in [5.74, 6) is -0.179. The van der Waals surface area contributed by atoms with Gasteiger partial charge in [0.15, 0.2) is 0 Å². The van der Waals surface area contributed by atoms with Crippen LogP contribution in [-0.2, 0) is 4.79 Å². The normalized spacial score (nSPS) is 30.2. The molecule has 3 amide bonds. The van der Waals surface area contributed by atoms with Gasteiger partial charge in [0.25, 0.3) is 5.91 Å². The third-order valence-electron chi connectivity index (χ3n) is 2.04. The summed E-state index contributed by atoms with van der Waals surface area (Å²) in [4.78, 5) is 23.6. The molecule has 60 valence electrons. The fourth-order valence-corrected chi connectivity index (χ4v) is 1.44. The molecule has 2 N–H and O–H groups in total. The lowest BCUT2D eigenvalue weighted by Crippen LogP contribution is -2.51. The van der Waals surface area contributed by atoms with Crippen LogP contribution in [0.1, 0.15) is 0 Å². The summed E-state index contributed by atoms with van der Waals surface area (Å²) < 4.78 is 0. The van der Waals surface area contributed by atoms with Crippen molar-refractivity contribution in [1.29, 1.82) is 0 Å². The van der Waals surface area contributed by atoms with E-state index in [2.05, 4.69) is 10.6 Å². The first-order chi connectivity index (χ1) is 5.29. The highest BCUT2D eigenvalue weighted by Crippen LogP contribution is 2.09. The Balaban J connectivity index is 2.19. The molecule has 2 saturated heterocycles. The number of nitrogens with one attached hydrogen (secondary N) is 2. The summed E-state index contributed by atoms with van der Waals surface area (Å²) in [5.41, 5.74) is 0. The van der Waals surface area contributed by atoms with Crippen LogP contribution >= 0.6 is 0 Å². The largest absolute Gasteiger partial charge is 0.324 e. The Morgan fingerprint density at radius 3 is 3.00 bits per heavy atom. The maximum Gasteiger partial charge on any atom is 0.324 e. The highest BCUT2D eigenvalue weighted by atomic mass is 16.2. The van der Waals surface area contributed by atoms with Gasteiger partial charge >= 0.3 is 6.03 Å². The van der Waals surface area contributed by atoms with Crippen LogP contribution in [0.2, 0.25) is 0 Å². The van der Waals surface area contributed by atoms with Crippen molar-refractivity contribution in [2.45, 2.75) is 6.04 Å². The van der Waals surface area contributed by atoms with Gasteiger partial charge in [-0.05, 0) is 0 Å². The van der Waals surface area contributed by atoms with Gasteiger partial charge in [0.05, 0.1) is 0 Å². The van der Waals surface area contributed by atoms with E-state index in [1.54, 1.807) is 4.90 Å². The molecule has 0 aromatic carbocycles. The number of hydrogen-bond donors (Lipinski definition) is 2. The standard InChI is InChI=1S/C6H9N3O2/c10-5-4-3-7-1-2-9(4)6(11)8-5/h4,7H,1-3H2,(H,8,10,11). The zero-order chi connectivity index (χ0) is 7.84. The van der Waals surface area contributed by atoms with Crippen LogP contribution in [-0.4, -0.2) is 42.5 Å². The maximum absolute atomic E-state index is 11.0. The molecule has 0 aromatic rings. The molecular formula is C6H9N3O2. The number of imide groups is 1. The van der Waals surface area contributed by atoms with Crippen LogP contribution in [0.5, 0.6) is 0 Å². The second-order valence-corrected chi connectivity index (χ2v) is 2.71. The predicted molar refractivity (Wildman–Crippen MR) is 36.9 cm³/mol. The monoisotopic (exact) mass is 155 g/mol. The van der Waals surface area contributed by atoms with Crippen molar-refractivity contribution in [1.82, 2.24) is 15.5 Å². The minimum Gasteiger partial charge on any atom is -0.312 e. The number of fused-ring (bicyclic) bond motifs is 1. The molecule has 0 saturated carbocycles. The lowest BCUT2D eigenvalue weighted by atomic mass is 10.2. The van der Waals surface area contributed by atoms with E-state index in [1.807, 2.05) is 0 Å². The number of carbonyl (C=O) groups is 2. The SMILES string of the molecule is O=C1NC(=O)N2CCNCC12. The van der Waals surface area contributed by atoms with Crippen molar-refractivity contribution in [3.05, 3.63) is 0 Å². The first-order valence-corrected chi connectivity index (χ1v) is 3.61. The highest BCUT2D eigenvalue weighted by Gasteiger charge is 2.39. The van der Waals surface area contributed by atoms with Gasteiger partial charge in [-0.15, -0.1) is 0 Å². The summed E-state index contributed by atoms with van der Waals surface area (Å²) in [6.45, 7) is 1.98. The van der Waals surface area contributed by atoms with E-state index in [0.717, 1.165) is 6.54 Å². The van der Waals surface area contributed by atoms with Crippen molar-refractivity contribution in [3.8, 4) is 0 Å². The summed E-state index contributed by atoms with van der Waals surface area (Å²) in [6.07, 6.45) is 0. The number of nitrogens with zero attached hydrogens (tertiary/aromatic N) is 1. The van der Waals surface area contributed by atoms with Gasteiger partial charge in [0.1, 0.15) is 6.04 Å². The number of urea groups is 1. The summed E-state index contributed by atoms with van der Waals surface area (Å²) in [5, 5.41) is 5.32. The van der Waals surface area contributed by atoms with E-state index in [4.69, 9.17) is 0 Å². The van der Waals surface area contributed by atoms with Gasteiger partial charge in [0.2, 0.25) is 0 Å². The first-order valence-electron chi connectivity index (χ1n) is 3.61. The van der Waals surface area contributed by atoms with E-state index in [9.17, 15) is 9.59 Å². The molecule has 0 radical (unpaired) electrons. The molecule has 0 aliphatic carbocycles. The van der Waals surface area contributed by atoms with Crippen LogP contribution in [0.4, 0.5) is 4.79 Å². The third-order valence-corrected chi connectivity index (χ3v) is 2.04. The molecule has 0 spiro atoms. The lowest BCUT2D eigenvalue weighted by molar-refractivity contribution is -0.121. The number of piperazine rings is 1. The molecule has 5 heteroatoms. The molecule has 0 bridgehead atoms. The van der Waals surface area contributed by atoms with Crippen LogP contribution in [0.25, 0.3) is 0 Å². The third kappa shape index (κ3) is 0.883. The van der Waals surface area contributed by atoms with Crippen molar-refractivity contribution in [3.63, 3.8) is 0 Å². The minimum atomic E-state index is -0.267. The highest BCUT2D eigenvalue weighted by molar-refractivity contribution is 6.04. The predicted octanol–water partition coefficient (Wildman–Crippen LogP) is -1.49. The fourth-order valence-electron chi connectivity index (χ4n) is 1.44. The molecule has 0 aromatic heterocycles. The molecule has 1 atom stereocenters. The van der Waals surface area contributed by atoms with Gasteiger partial charge in [0, 0.05) is 19.6 Å².